The molecule has 0 radical (unpaired) electrons. The van der Waals surface area contributed by atoms with Gasteiger partial charge in [0, 0.05) is 41.0 Å². The predicted octanol–water partition coefficient (Wildman–Crippen LogP) is 4.56. The smallest absolute Gasteiger partial charge is 0.152 e. The molecule has 0 spiro atoms. The summed E-state index contributed by atoms with van der Waals surface area (Å²) in [4.78, 5) is 25.1. The molecule has 3 rings (SSSR count). The van der Waals surface area contributed by atoms with E-state index in [4.69, 9.17) is 22.8 Å². The van der Waals surface area contributed by atoms with E-state index >= 15 is 0 Å². The van der Waals surface area contributed by atoms with Gasteiger partial charge in [-0.1, -0.05) is 11.6 Å². The van der Waals surface area contributed by atoms with Crippen molar-refractivity contribution < 1.29 is 23.1 Å². The lowest BCUT2D eigenvalue weighted by Gasteiger charge is -2.17. The summed E-state index contributed by atoms with van der Waals surface area (Å²) in [6.07, 6.45) is 5.51. The van der Waals surface area contributed by atoms with E-state index in [1.165, 1.54) is 25.3 Å². The molecule has 0 saturated heterocycles. The summed E-state index contributed by atoms with van der Waals surface area (Å²) in [5.74, 6) is -1.03. The third kappa shape index (κ3) is 3.45. The Morgan fingerprint density at radius 1 is 1.26 bits per heavy atom. The SMILES string of the molecule is C#CCC1CC(=O)C(c2c(Cl)cc(-c3ccc(F)cc3F)cc2OC)C1=O. The van der Waals surface area contributed by atoms with E-state index in [-0.39, 0.29) is 46.3 Å². The summed E-state index contributed by atoms with van der Waals surface area (Å²) < 4.78 is 32.6. The van der Waals surface area contributed by atoms with Crippen molar-refractivity contribution in [3.8, 4) is 29.2 Å². The summed E-state index contributed by atoms with van der Waals surface area (Å²) in [6, 6.07) is 6.08. The van der Waals surface area contributed by atoms with Gasteiger partial charge in [-0.2, -0.15) is 0 Å². The second-order valence-corrected chi connectivity index (χ2v) is 6.72. The fourth-order valence-electron chi connectivity index (χ4n) is 3.39. The van der Waals surface area contributed by atoms with Gasteiger partial charge in [-0.25, -0.2) is 8.78 Å². The van der Waals surface area contributed by atoms with E-state index in [1.807, 2.05) is 0 Å². The van der Waals surface area contributed by atoms with Crippen LogP contribution in [0.5, 0.6) is 5.75 Å². The first kappa shape index (κ1) is 19.1. The van der Waals surface area contributed by atoms with Crippen LogP contribution in [0.15, 0.2) is 30.3 Å². The van der Waals surface area contributed by atoms with Crippen molar-refractivity contribution in [3.63, 3.8) is 0 Å². The molecule has 2 aromatic rings. The molecule has 0 amide bonds. The molecule has 0 heterocycles. The van der Waals surface area contributed by atoms with E-state index in [2.05, 4.69) is 5.92 Å². The van der Waals surface area contributed by atoms with Crippen LogP contribution >= 0.6 is 11.6 Å². The molecule has 0 aromatic heterocycles. The Morgan fingerprint density at radius 2 is 2.00 bits per heavy atom. The first-order valence-corrected chi connectivity index (χ1v) is 8.58. The molecule has 27 heavy (non-hydrogen) atoms. The number of hydrogen-bond acceptors (Lipinski definition) is 3. The Kier molecular flexibility index (Phi) is 5.29. The summed E-state index contributed by atoms with van der Waals surface area (Å²) in [5.41, 5.74) is 0.716. The van der Waals surface area contributed by atoms with Gasteiger partial charge in [0.1, 0.15) is 29.1 Å². The number of carbonyl (C=O) groups excluding carboxylic acids is 2. The van der Waals surface area contributed by atoms with Crippen molar-refractivity contribution in [1.82, 2.24) is 0 Å². The van der Waals surface area contributed by atoms with Gasteiger partial charge in [0.2, 0.25) is 0 Å². The molecular formula is C21H15ClF2O3. The minimum atomic E-state index is -1.06. The normalized spacial score (nSPS) is 19.2. The third-order valence-electron chi connectivity index (χ3n) is 4.66. The van der Waals surface area contributed by atoms with Crippen LogP contribution in [0.3, 0.4) is 0 Å². The lowest BCUT2D eigenvalue weighted by Crippen LogP contribution is -2.16. The summed E-state index contributed by atoms with van der Waals surface area (Å²) in [7, 11) is 1.36. The van der Waals surface area contributed by atoms with E-state index < -0.39 is 23.5 Å². The van der Waals surface area contributed by atoms with Crippen LogP contribution in [-0.4, -0.2) is 18.7 Å². The van der Waals surface area contributed by atoms with Crippen LogP contribution in [0.25, 0.3) is 11.1 Å². The molecule has 1 aliphatic carbocycles. The third-order valence-corrected chi connectivity index (χ3v) is 4.98. The number of methoxy groups -OCH3 is 1. The van der Waals surface area contributed by atoms with Gasteiger partial charge in [-0.05, 0) is 29.8 Å². The Balaban J connectivity index is 2.10. The fraction of sp³-hybridized carbons (Fsp3) is 0.238. The van der Waals surface area contributed by atoms with E-state index in [9.17, 15) is 18.4 Å². The number of benzene rings is 2. The number of Topliss-reactive ketones (excluding diaryl/α,β-unsaturated/α-hetero) is 2. The molecule has 1 aliphatic rings. The number of ether oxygens (including phenoxy) is 1. The zero-order valence-electron chi connectivity index (χ0n) is 14.4. The zero-order chi connectivity index (χ0) is 19.7. The monoisotopic (exact) mass is 388 g/mol. The summed E-state index contributed by atoms with van der Waals surface area (Å²) >= 11 is 6.36. The lowest BCUT2D eigenvalue weighted by atomic mass is 9.91. The molecule has 3 nitrogen and oxygen atoms in total. The van der Waals surface area contributed by atoms with Crippen molar-refractivity contribution in [2.45, 2.75) is 18.8 Å². The van der Waals surface area contributed by atoms with Crippen molar-refractivity contribution in [3.05, 3.63) is 52.6 Å². The summed E-state index contributed by atoms with van der Waals surface area (Å²) in [6.45, 7) is 0. The van der Waals surface area contributed by atoms with Crippen LogP contribution in [0.1, 0.15) is 24.3 Å². The van der Waals surface area contributed by atoms with Crippen molar-refractivity contribution in [1.29, 1.82) is 0 Å². The van der Waals surface area contributed by atoms with E-state index in [0.29, 0.717) is 5.56 Å². The van der Waals surface area contributed by atoms with Gasteiger partial charge < -0.3 is 4.74 Å². The Labute approximate surface area is 160 Å². The lowest BCUT2D eigenvalue weighted by molar-refractivity contribution is -0.124. The number of ketones is 2. The van der Waals surface area contributed by atoms with Crippen molar-refractivity contribution >= 4 is 23.2 Å². The molecule has 6 heteroatoms. The average molecular weight is 389 g/mol. The molecule has 0 bridgehead atoms. The first-order valence-electron chi connectivity index (χ1n) is 8.20. The van der Waals surface area contributed by atoms with Gasteiger partial charge in [0.05, 0.1) is 7.11 Å². The zero-order valence-corrected chi connectivity index (χ0v) is 15.1. The molecule has 138 valence electrons. The van der Waals surface area contributed by atoms with Crippen LogP contribution in [-0.2, 0) is 9.59 Å². The second-order valence-electron chi connectivity index (χ2n) is 6.31. The van der Waals surface area contributed by atoms with Crippen LogP contribution in [0.2, 0.25) is 5.02 Å². The largest absolute Gasteiger partial charge is 0.496 e. The van der Waals surface area contributed by atoms with Gasteiger partial charge >= 0.3 is 0 Å². The van der Waals surface area contributed by atoms with Gasteiger partial charge in [0.15, 0.2) is 5.78 Å². The highest BCUT2D eigenvalue weighted by Gasteiger charge is 2.43. The number of hydrogen-bond donors (Lipinski definition) is 0. The van der Waals surface area contributed by atoms with Gasteiger partial charge in [0.25, 0.3) is 0 Å². The molecule has 1 saturated carbocycles. The fourth-order valence-corrected chi connectivity index (χ4v) is 3.71. The molecule has 2 unspecified atom stereocenters. The highest BCUT2D eigenvalue weighted by atomic mass is 35.5. The maximum atomic E-state index is 14.1. The van der Waals surface area contributed by atoms with Gasteiger partial charge in [-0.15, -0.1) is 12.3 Å². The highest BCUT2D eigenvalue weighted by Crippen LogP contribution is 2.43. The Morgan fingerprint density at radius 3 is 2.63 bits per heavy atom. The van der Waals surface area contributed by atoms with Crippen LogP contribution in [0, 0.1) is 29.9 Å². The predicted molar refractivity (Wildman–Crippen MR) is 97.7 cm³/mol. The Bertz CT molecular complexity index is 978. The maximum Gasteiger partial charge on any atom is 0.152 e. The molecule has 0 aliphatic heterocycles. The van der Waals surface area contributed by atoms with Crippen molar-refractivity contribution in [2.75, 3.05) is 7.11 Å². The first-order chi connectivity index (χ1) is 12.9. The maximum absolute atomic E-state index is 14.1. The minimum absolute atomic E-state index is 0.0571. The topological polar surface area (TPSA) is 43.4 Å². The average Bonchev–Trinajstić information content (AvgIpc) is 2.88. The van der Waals surface area contributed by atoms with Crippen LogP contribution in [0.4, 0.5) is 8.78 Å². The van der Waals surface area contributed by atoms with Crippen LogP contribution < -0.4 is 4.74 Å². The quantitative estimate of drug-likeness (QED) is 0.569. The van der Waals surface area contributed by atoms with E-state index in [1.54, 1.807) is 0 Å². The highest BCUT2D eigenvalue weighted by molar-refractivity contribution is 6.33. The van der Waals surface area contributed by atoms with E-state index in [0.717, 1.165) is 12.1 Å². The second kappa shape index (κ2) is 7.50. The number of rotatable bonds is 4. The standard InChI is InChI=1S/C21H15ClF2O3/c1-3-4-11-8-17(25)20(21(11)26)19-15(22)7-12(9-18(19)27-2)14-6-5-13(23)10-16(14)24/h1,5-7,9-11,20H,4,8H2,2H3. The van der Waals surface area contributed by atoms with Gasteiger partial charge in [-0.3, -0.25) is 9.59 Å². The number of terminal acetylenes is 1. The molecule has 0 N–H and O–H groups in total. The molecule has 2 atom stereocenters. The molecule has 2 aromatic carbocycles. The number of carbonyl (C=O) groups is 2. The summed E-state index contributed by atoms with van der Waals surface area (Å²) in [5, 5.41) is 0.0983. The molecule has 1 fully saturated rings. The minimum Gasteiger partial charge on any atom is -0.496 e. The number of halogens is 3. The molecular weight excluding hydrogens is 374 g/mol. The van der Waals surface area contributed by atoms with Crippen molar-refractivity contribution in [2.24, 2.45) is 5.92 Å². The Hall–Kier alpha value is -2.71.